The number of hydrogen-bond donors (Lipinski definition) is 4. The standard InChI is InChI=1S/C32H35NO8/c1-13(2)10-18-11-17-7-8-19-12-21(35)33-32(19)25(17)30(40)22-23(28(38)16(5)29(39)24(22)31(32)41)26(36)14(3)6-9-20(34)15(4)27(18)37/h6-8,11,13,15,17,19-20,25,34,38-39H,9-10,12H2,1-5H3,(H,33,35)/b14-6+,18-11+/t15-,17-,19+,20+,25-,32+/m0/s1. The van der Waals surface area contributed by atoms with Crippen molar-refractivity contribution in [1.29, 1.82) is 0 Å². The molecular formula is C32H35NO8. The molecule has 1 aromatic rings. The minimum atomic E-state index is -1.74. The molecular weight excluding hydrogens is 526 g/mol. The number of aromatic hydroxyl groups is 2. The van der Waals surface area contributed by atoms with Crippen LogP contribution in [0.4, 0.5) is 0 Å². The molecule has 41 heavy (non-hydrogen) atoms. The first-order chi connectivity index (χ1) is 19.2. The van der Waals surface area contributed by atoms with E-state index in [0.717, 1.165) is 0 Å². The first kappa shape index (κ1) is 28.7. The number of hydrogen-bond acceptors (Lipinski definition) is 8. The molecule has 1 saturated heterocycles. The number of aliphatic hydroxyl groups is 1. The van der Waals surface area contributed by atoms with E-state index >= 15 is 0 Å². The van der Waals surface area contributed by atoms with Crippen molar-refractivity contribution in [3.8, 4) is 11.5 Å². The van der Waals surface area contributed by atoms with Gasteiger partial charge in [0.2, 0.25) is 5.91 Å². The van der Waals surface area contributed by atoms with Crippen LogP contribution in [0.25, 0.3) is 0 Å². The lowest BCUT2D eigenvalue weighted by atomic mass is 9.56. The van der Waals surface area contributed by atoms with Crippen LogP contribution in [-0.4, -0.2) is 56.0 Å². The lowest BCUT2D eigenvalue weighted by molar-refractivity contribution is -0.122. The van der Waals surface area contributed by atoms with E-state index in [9.17, 15) is 39.3 Å². The molecule has 1 fully saturated rings. The summed E-state index contributed by atoms with van der Waals surface area (Å²) in [4.78, 5) is 69.3. The van der Waals surface area contributed by atoms with Crippen LogP contribution in [0.2, 0.25) is 0 Å². The van der Waals surface area contributed by atoms with Gasteiger partial charge in [0.15, 0.2) is 23.1 Å². The van der Waals surface area contributed by atoms with Gasteiger partial charge in [-0.25, -0.2) is 0 Å². The summed E-state index contributed by atoms with van der Waals surface area (Å²) < 4.78 is 0. The summed E-state index contributed by atoms with van der Waals surface area (Å²) in [6, 6.07) is 0. The van der Waals surface area contributed by atoms with Crippen molar-refractivity contribution >= 4 is 29.0 Å². The van der Waals surface area contributed by atoms with Crippen LogP contribution in [0.5, 0.6) is 11.5 Å². The van der Waals surface area contributed by atoms with Crippen LogP contribution < -0.4 is 5.32 Å². The number of aliphatic hydroxyl groups excluding tert-OH is 1. The Morgan fingerprint density at radius 2 is 1.63 bits per heavy atom. The number of nitrogens with one attached hydrogen (secondary N) is 1. The van der Waals surface area contributed by atoms with Gasteiger partial charge >= 0.3 is 0 Å². The minimum absolute atomic E-state index is 0.0326. The molecule has 1 heterocycles. The molecule has 0 radical (unpaired) electrons. The lowest BCUT2D eigenvalue weighted by Gasteiger charge is -2.47. The molecule has 1 spiro atoms. The maximum atomic E-state index is 14.6. The van der Waals surface area contributed by atoms with Crippen LogP contribution in [0, 0.1) is 36.5 Å². The number of phenolic OH excluding ortho intramolecular Hbond substituents is 2. The molecule has 4 N–H and O–H groups in total. The molecule has 1 aliphatic heterocycles. The fourth-order valence-electron chi connectivity index (χ4n) is 6.92. The Hall–Kier alpha value is -3.85. The van der Waals surface area contributed by atoms with Crippen LogP contribution in [0.15, 0.2) is 35.5 Å². The molecule has 1 aromatic carbocycles. The average molecular weight is 562 g/mol. The highest BCUT2D eigenvalue weighted by Gasteiger charge is 2.65. The Morgan fingerprint density at radius 1 is 0.976 bits per heavy atom. The zero-order valence-electron chi connectivity index (χ0n) is 23.8. The van der Waals surface area contributed by atoms with Gasteiger partial charge in [0.1, 0.15) is 17.0 Å². The van der Waals surface area contributed by atoms with E-state index in [1.807, 2.05) is 13.8 Å². The molecule has 0 aromatic heterocycles. The van der Waals surface area contributed by atoms with Gasteiger partial charge in [-0.15, -0.1) is 0 Å². The van der Waals surface area contributed by atoms with Crippen LogP contribution >= 0.6 is 0 Å². The summed E-state index contributed by atoms with van der Waals surface area (Å²) >= 11 is 0. The number of carbonyl (C=O) groups is 5. The van der Waals surface area contributed by atoms with Gasteiger partial charge in [-0.3, -0.25) is 24.0 Å². The molecule has 0 unspecified atom stereocenters. The maximum absolute atomic E-state index is 14.6. The molecule has 6 atom stereocenters. The predicted octanol–water partition coefficient (Wildman–Crippen LogP) is 3.53. The third kappa shape index (κ3) is 4.12. The molecule has 9 nitrogen and oxygen atoms in total. The number of phenols is 2. The van der Waals surface area contributed by atoms with Gasteiger partial charge in [0, 0.05) is 35.3 Å². The van der Waals surface area contributed by atoms with E-state index in [-0.39, 0.29) is 41.2 Å². The summed E-state index contributed by atoms with van der Waals surface area (Å²) in [6.07, 6.45) is 5.67. The Balaban J connectivity index is 1.89. The Kier molecular flexibility index (Phi) is 6.93. The zero-order valence-corrected chi connectivity index (χ0v) is 23.8. The molecule has 3 aliphatic carbocycles. The molecule has 4 aliphatic rings. The Morgan fingerprint density at radius 3 is 2.29 bits per heavy atom. The monoisotopic (exact) mass is 561 g/mol. The van der Waals surface area contributed by atoms with Gasteiger partial charge in [-0.2, -0.15) is 0 Å². The predicted molar refractivity (Wildman–Crippen MR) is 149 cm³/mol. The van der Waals surface area contributed by atoms with Crippen molar-refractivity contribution in [3.63, 3.8) is 0 Å². The van der Waals surface area contributed by atoms with Crippen molar-refractivity contribution in [2.45, 2.75) is 65.5 Å². The quantitative estimate of drug-likeness (QED) is 0.399. The highest BCUT2D eigenvalue weighted by Crippen LogP contribution is 2.54. The fraction of sp³-hybridized carbons (Fsp3) is 0.469. The second-order valence-corrected chi connectivity index (χ2v) is 12.3. The van der Waals surface area contributed by atoms with E-state index in [1.54, 1.807) is 25.2 Å². The topological polar surface area (TPSA) is 158 Å². The van der Waals surface area contributed by atoms with E-state index < -0.39 is 81.2 Å². The van der Waals surface area contributed by atoms with Gasteiger partial charge in [0.05, 0.1) is 23.1 Å². The summed E-state index contributed by atoms with van der Waals surface area (Å²) in [5.41, 5.74) is -2.57. The van der Waals surface area contributed by atoms with Crippen molar-refractivity contribution in [1.82, 2.24) is 5.32 Å². The van der Waals surface area contributed by atoms with Crippen molar-refractivity contribution < 1.29 is 39.3 Å². The van der Waals surface area contributed by atoms with Crippen LogP contribution in [0.3, 0.4) is 0 Å². The third-order valence-corrected chi connectivity index (χ3v) is 9.17. The van der Waals surface area contributed by atoms with Crippen molar-refractivity contribution in [2.24, 2.45) is 29.6 Å². The van der Waals surface area contributed by atoms with Crippen LogP contribution in [0.1, 0.15) is 83.6 Å². The van der Waals surface area contributed by atoms with E-state index in [1.165, 1.54) is 19.9 Å². The van der Waals surface area contributed by atoms with E-state index in [4.69, 9.17) is 0 Å². The first-order valence-corrected chi connectivity index (χ1v) is 14.0. The summed E-state index contributed by atoms with van der Waals surface area (Å²) in [6.45, 7) is 8.29. The normalized spacial score (nSPS) is 34.0. The summed E-state index contributed by atoms with van der Waals surface area (Å²) in [5, 5.41) is 35.9. The molecule has 5 rings (SSSR count). The van der Waals surface area contributed by atoms with Gasteiger partial charge in [-0.1, -0.05) is 45.1 Å². The molecule has 2 bridgehead atoms. The number of carbonyl (C=O) groups excluding carboxylic acids is 5. The minimum Gasteiger partial charge on any atom is -0.507 e. The highest BCUT2D eigenvalue weighted by atomic mass is 16.3. The number of benzene rings is 1. The Labute approximate surface area is 238 Å². The van der Waals surface area contributed by atoms with Crippen LogP contribution in [-0.2, 0) is 9.59 Å². The SMILES string of the molecule is C/C1=C\C[C@@H](O)[C@H](C)C(=O)/C(CC(C)C)=C/[C@@H]2C=C[C@@H]3CC(=O)N[C@]34C(=O)c3c(O)c(C)c(O)c(c3C(=O)[C@H]24)C1=O. The average Bonchev–Trinajstić information content (AvgIpc) is 3.27. The molecule has 9 heteroatoms. The van der Waals surface area contributed by atoms with Crippen molar-refractivity contribution in [3.05, 3.63) is 57.7 Å². The van der Waals surface area contributed by atoms with E-state index in [2.05, 4.69) is 5.32 Å². The van der Waals surface area contributed by atoms with E-state index in [0.29, 0.717) is 12.0 Å². The third-order valence-electron chi connectivity index (χ3n) is 9.17. The second-order valence-electron chi connectivity index (χ2n) is 12.3. The van der Waals surface area contributed by atoms with Gasteiger partial charge < -0.3 is 20.6 Å². The smallest absolute Gasteiger partial charge is 0.221 e. The largest absolute Gasteiger partial charge is 0.507 e. The summed E-state index contributed by atoms with van der Waals surface area (Å²) in [5.74, 6) is -7.64. The molecule has 0 saturated carbocycles. The summed E-state index contributed by atoms with van der Waals surface area (Å²) in [7, 11) is 0. The number of amides is 1. The van der Waals surface area contributed by atoms with Crippen molar-refractivity contribution in [2.75, 3.05) is 0 Å². The molecule has 1 amide bonds. The Bertz CT molecular complexity index is 1510. The number of rotatable bonds is 2. The zero-order chi connectivity index (χ0) is 30.1. The van der Waals surface area contributed by atoms with Gasteiger partial charge in [0.25, 0.3) is 0 Å². The number of ketones is 4. The fourth-order valence-corrected chi connectivity index (χ4v) is 6.92. The lowest BCUT2D eigenvalue weighted by Crippen LogP contribution is -2.65. The number of allylic oxidation sites excluding steroid dienone is 4. The maximum Gasteiger partial charge on any atom is 0.221 e. The number of Topliss-reactive ketones (excluding diaryl/α,β-unsaturated/α-hetero) is 4. The van der Waals surface area contributed by atoms with Gasteiger partial charge in [-0.05, 0) is 43.8 Å². The highest BCUT2D eigenvalue weighted by molar-refractivity contribution is 6.28. The molecule has 216 valence electrons. The first-order valence-electron chi connectivity index (χ1n) is 14.0. The second kappa shape index (κ2) is 9.91.